The summed E-state index contributed by atoms with van der Waals surface area (Å²) in [7, 11) is 0. The second-order valence-corrected chi connectivity index (χ2v) is 11.5. The Kier molecular flexibility index (Phi) is 23.9. The second kappa shape index (κ2) is 24.6. The van der Waals surface area contributed by atoms with Crippen LogP contribution in [-0.2, 0) is 19.1 Å². The molecule has 0 radical (unpaired) electrons. The lowest BCUT2D eigenvalue weighted by Gasteiger charge is -2.11. The average molecular weight is 497 g/mol. The van der Waals surface area contributed by atoms with E-state index in [0.717, 1.165) is 63.2 Å². The molecule has 208 valence electrons. The van der Waals surface area contributed by atoms with Crippen molar-refractivity contribution in [1.29, 1.82) is 0 Å². The van der Waals surface area contributed by atoms with Crippen molar-refractivity contribution in [2.75, 3.05) is 13.2 Å². The minimum atomic E-state index is -0.0158. The lowest BCUT2D eigenvalue weighted by molar-refractivity contribution is -0.148. The Bertz CT molecular complexity index is 486. The van der Waals surface area contributed by atoms with E-state index in [0.29, 0.717) is 19.6 Å². The molecule has 1 atom stereocenters. The highest BCUT2D eigenvalue weighted by Crippen LogP contribution is 2.16. The molecule has 0 saturated heterocycles. The highest BCUT2D eigenvalue weighted by atomic mass is 16.5. The summed E-state index contributed by atoms with van der Waals surface area (Å²) in [5.41, 5.74) is 0. The first kappa shape index (κ1) is 33.9. The van der Waals surface area contributed by atoms with Gasteiger partial charge in [0.15, 0.2) is 0 Å². The number of unbranched alkanes of at least 4 members (excludes halogenated alkanes) is 12. The van der Waals surface area contributed by atoms with Crippen LogP contribution < -0.4 is 0 Å². The molecule has 0 heterocycles. The fourth-order valence-electron chi connectivity index (χ4n) is 4.31. The number of carbonyl (C=O) groups is 2. The Labute approximate surface area is 218 Å². The third-order valence-electron chi connectivity index (χ3n) is 6.78. The van der Waals surface area contributed by atoms with Crippen LogP contribution in [0.25, 0.3) is 0 Å². The van der Waals surface area contributed by atoms with Crippen LogP contribution in [0, 0.1) is 17.8 Å². The van der Waals surface area contributed by atoms with Gasteiger partial charge in [0.05, 0.1) is 19.1 Å². The SMILES string of the molecule is CC(C)CCCCOC(=O)CCCCCCCCCCCCCC(C)C(=O)OCCCCC(C)C. The highest BCUT2D eigenvalue weighted by molar-refractivity contribution is 5.71. The highest BCUT2D eigenvalue weighted by Gasteiger charge is 2.13. The van der Waals surface area contributed by atoms with Gasteiger partial charge in [-0.1, -0.05) is 112 Å². The fraction of sp³-hybridized carbons (Fsp3) is 0.935. The van der Waals surface area contributed by atoms with Crippen LogP contribution in [-0.4, -0.2) is 25.2 Å². The molecule has 0 saturated carbocycles. The van der Waals surface area contributed by atoms with E-state index in [2.05, 4.69) is 27.7 Å². The van der Waals surface area contributed by atoms with Crippen LogP contribution in [0.1, 0.15) is 157 Å². The van der Waals surface area contributed by atoms with Gasteiger partial charge in [0.25, 0.3) is 0 Å². The zero-order valence-corrected chi connectivity index (χ0v) is 24.2. The number of ether oxygens (including phenoxy) is 2. The summed E-state index contributed by atoms with van der Waals surface area (Å²) in [5, 5.41) is 0. The Morgan fingerprint density at radius 3 is 1.37 bits per heavy atom. The summed E-state index contributed by atoms with van der Waals surface area (Å²) in [4.78, 5) is 23.8. The summed E-state index contributed by atoms with van der Waals surface area (Å²) in [6, 6.07) is 0. The minimum Gasteiger partial charge on any atom is -0.466 e. The van der Waals surface area contributed by atoms with Crippen molar-refractivity contribution >= 4 is 11.9 Å². The fourth-order valence-corrected chi connectivity index (χ4v) is 4.31. The number of rotatable bonds is 25. The van der Waals surface area contributed by atoms with Crippen molar-refractivity contribution in [3.63, 3.8) is 0 Å². The molecule has 0 aliphatic carbocycles. The molecule has 0 bridgehead atoms. The van der Waals surface area contributed by atoms with Crippen LogP contribution in [0.3, 0.4) is 0 Å². The molecule has 0 aromatic heterocycles. The van der Waals surface area contributed by atoms with Crippen LogP contribution in [0.15, 0.2) is 0 Å². The number of hydrogen-bond donors (Lipinski definition) is 0. The maximum Gasteiger partial charge on any atom is 0.308 e. The van der Waals surface area contributed by atoms with E-state index in [4.69, 9.17) is 9.47 Å². The van der Waals surface area contributed by atoms with Crippen LogP contribution in [0.5, 0.6) is 0 Å². The van der Waals surface area contributed by atoms with Crippen molar-refractivity contribution in [3.8, 4) is 0 Å². The largest absolute Gasteiger partial charge is 0.466 e. The van der Waals surface area contributed by atoms with Crippen molar-refractivity contribution < 1.29 is 19.1 Å². The van der Waals surface area contributed by atoms with E-state index in [9.17, 15) is 9.59 Å². The maximum absolute atomic E-state index is 12.0. The molecule has 0 fully saturated rings. The number of hydrogen-bond acceptors (Lipinski definition) is 4. The molecule has 0 spiro atoms. The standard InChI is InChI=1S/C31H60O4/c1-27(2)21-17-19-25-34-30(32)24-16-14-12-10-8-6-7-9-11-13-15-23-29(5)31(33)35-26-20-18-22-28(3)4/h27-29H,6-26H2,1-5H3. The van der Waals surface area contributed by atoms with E-state index >= 15 is 0 Å². The first-order valence-corrected chi connectivity index (χ1v) is 15.1. The third-order valence-corrected chi connectivity index (χ3v) is 6.78. The smallest absolute Gasteiger partial charge is 0.308 e. The van der Waals surface area contributed by atoms with Crippen molar-refractivity contribution in [2.45, 2.75) is 157 Å². The maximum atomic E-state index is 12.0. The molecule has 0 rings (SSSR count). The first-order chi connectivity index (χ1) is 16.8. The summed E-state index contributed by atoms with van der Waals surface area (Å²) >= 11 is 0. The van der Waals surface area contributed by atoms with Crippen LogP contribution in [0.4, 0.5) is 0 Å². The summed E-state index contributed by atoms with van der Waals surface area (Å²) in [6.07, 6.45) is 21.7. The van der Waals surface area contributed by atoms with E-state index in [1.54, 1.807) is 0 Å². The monoisotopic (exact) mass is 496 g/mol. The number of carbonyl (C=O) groups excluding carboxylic acids is 2. The second-order valence-electron chi connectivity index (χ2n) is 11.5. The molecule has 0 aromatic rings. The Hall–Kier alpha value is -1.06. The molecular weight excluding hydrogens is 436 g/mol. The molecule has 0 aliphatic heterocycles. The predicted octanol–water partition coefficient (Wildman–Crippen LogP) is 9.43. The van der Waals surface area contributed by atoms with E-state index in [1.807, 2.05) is 6.92 Å². The van der Waals surface area contributed by atoms with Crippen LogP contribution in [0.2, 0.25) is 0 Å². The molecule has 0 amide bonds. The molecule has 0 aromatic carbocycles. The van der Waals surface area contributed by atoms with Gasteiger partial charge in [-0.15, -0.1) is 0 Å². The van der Waals surface area contributed by atoms with E-state index in [-0.39, 0.29) is 17.9 Å². The van der Waals surface area contributed by atoms with Crippen molar-refractivity contribution in [3.05, 3.63) is 0 Å². The van der Waals surface area contributed by atoms with E-state index < -0.39 is 0 Å². The Morgan fingerprint density at radius 1 is 0.486 bits per heavy atom. The van der Waals surface area contributed by atoms with Gasteiger partial charge in [0, 0.05) is 6.42 Å². The first-order valence-electron chi connectivity index (χ1n) is 15.1. The summed E-state index contributed by atoms with van der Waals surface area (Å²) in [6.45, 7) is 12.1. The molecule has 4 nitrogen and oxygen atoms in total. The Morgan fingerprint density at radius 2 is 0.886 bits per heavy atom. The van der Waals surface area contributed by atoms with Gasteiger partial charge in [-0.2, -0.15) is 0 Å². The summed E-state index contributed by atoms with van der Waals surface area (Å²) < 4.78 is 10.7. The van der Waals surface area contributed by atoms with Crippen molar-refractivity contribution in [1.82, 2.24) is 0 Å². The zero-order valence-electron chi connectivity index (χ0n) is 24.2. The van der Waals surface area contributed by atoms with Crippen molar-refractivity contribution in [2.24, 2.45) is 17.8 Å². The lowest BCUT2D eigenvalue weighted by Crippen LogP contribution is -2.15. The number of esters is 2. The summed E-state index contributed by atoms with van der Waals surface area (Å²) in [5.74, 6) is 1.47. The minimum absolute atomic E-state index is 0.0106. The topological polar surface area (TPSA) is 52.6 Å². The van der Waals surface area contributed by atoms with Gasteiger partial charge < -0.3 is 9.47 Å². The van der Waals surface area contributed by atoms with Gasteiger partial charge in [-0.05, 0) is 50.4 Å². The predicted molar refractivity (Wildman–Crippen MR) is 148 cm³/mol. The Balaban J connectivity index is 3.33. The average Bonchev–Trinajstić information content (AvgIpc) is 2.80. The lowest BCUT2D eigenvalue weighted by atomic mass is 10.0. The zero-order chi connectivity index (χ0) is 26.2. The quantitative estimate of drug-likeness (QED) is 0.0932. The molecule has 0 aliphatic rings. The van der Waals surface area contributed by atoms with Gasteiger partial charge in [-0.25, -0.2) is 0 Å². The van der Waals surface area contributed by atoms with Gasteiger partial charge in [0.1, 0.15) is 0 Å². The van der Waals surface area contributed by atoms with Crippen LogP contribution >= 0.6 is 0 Å². The molecule has 0 N–H and O–H groups in total. The molecule has 35 heavy (non-hydrogen) atoms. The van der Waals surface area contributed by atoms with Gasteiger partial charge in [0.2, 0.25) is 0 Å². The van der Waals surface area contributed by atoms with E-state index in [1.165, 1.54) is 64.2 Å². The molecule has 1 unspecified atom stereocenters. The van der Waals surface area contributed by atoms with Gasteiger partial charge in [-0.3, -0.25) is 9.59 Å². The normalized spacial score (nSPS) is 12.3. The third kappa shape index (κ3) is 25.8. The molecular formula is C31H60O4. The van der Waals surface area contributed by atoms with Gasteiger partial charge >= 0.3 is 11.9 Å². The molecule has 4 heteroatoms.